The van der Waals surface area contributed by atoms with Crippen LogP contribution in [0.15, 0.2) is 36.4 Å². The molecule has 7 heteroatoms. The highest BCUT2D eigenvalue weighted by Crippen LogP contribution is 2.38. The van der Waals surface area contributed by atoms with E-state index in [-0.39, 0.29) is 17.1 Å². The first kappa shape index (κ1) is 20.7. The molecule has 1 aromatic rings. The van der Waals surface area contributed by atoms with Gasteiger partial charge in [-0.05, 0) is 54.5 Å². The molecule has 142 valence electrons. The van der Waals surface area contributed by atoms with Crippen LogP contribution in [0.1, 0.15) is 41.6 Å². The third-order valence-electron chi connectivity index (χ3n) is 4.82. The minimum Gasteiger partial charge on any atom is -0.478 e. The zero-order valence-corrected chi connectivity index (χ0v) is 15.6. The van der Waals surface area contributed by atoms with Crippen LogP contribution in [0.3, 0.4) is 0 Å². The van der Waals surface area contributed by atoms with Gasteiger partial charge in [-0.1, -0.05) is 24.3 Å². The lowest BCUT2D eigenvalue weighted by Gasteiger charge is -2.21. The van der Waals surface area contributed by atoms with E-state index < -0.39 is 20.1 Å². The van der Waals surface area contributed by atoms with E-state index in [1.54, 1.807) is 24.3 Å². The maximum atomic E-state index is 11.7. The smallest absolute Gasteiger partial charge is 0.478 e. The Hall–Kier alpha value is -1.59. The first-order valence-electron chi connectivity index (χ1n) is 8.98. The van der Waals surface area contributed by atoms with Crippen LogP contribution in [-0.4, -0.2) is 45.9 Å². The Morgan fingerprint density at radius 2 is 2.00 bits per heavy atom. The third kappa shape index (κ3) is 6.61. The van der Waals surface area contributed by atoms with E-state index >= 15 is 0 Å². The lowest BCUT2D eigenvalue weighted by Crippen LogP contribution is -2.32. The Balaban J connectivity index is 1.71. The van der Waals surface area contributed by atoms with Crippen molar-refractivity contribution in [1.82, 2.24) is 5.32 Å². The SMILES string of the molecule is O=C(O)c1ccc(CCNC[C@@H](O)C[C@@H](C2CC=CCC2)[P+](=O)O)cc1. The molecule has 2 rings (SSSR count). The number of nitrogens with one attached hydrogen (secondary N) is 1. The molecule has 0 fully saturated rings. The van der Waals surface area contributed by atoms with Gasteiger partial charge < -0.3 is 15.5 Å². The summed E-state index contributed by atoms with van der Waals surface area (Å²) >= 11 is 0. The number of hydrogen-bond acceptors (Lipinski definition) is 4. The molecule has 0 radical (unpaired) electrons. The fourth-order valence-electron chi connectivity index (χ4n) is 3.31. The fraction of sp³-hybridized carbons (Fsp3) is 0.526. The number of hydrogen-bond donors (Lipinski definition) is 4. The molecule has 0 aliphatic heterocycles. The Morgan fingerprint density at radius 3 is 2.58 bits per heavy atom. The van der Waals surface area contributed by atoms with Crippen LogP contribution in [0.4, 0.5) is 0 Å². The molecule has 0 spiro atoms. The number of carbonyl (C=O) groups is 1. The number of carboxylic acid groups (broad SMARTS) is 1. The van der Waals surface area contributed by atoms with E-state index in [0.717, 1.165) is 31.2 Å². The van der Waals surface area contributed by atoms with Crippen molar-refractivity contribution < 1.29 is 24.5 Å². The zero-order chi connectivity index (χ0) is 18.9. The average Bonchev–Trinajstić information content (AvgIpc) is 2.64. The molecular weight excluding hydrogens is 353 g/mol. The molecule has 4 N–H and O–H groups in total. The molecule has 0 heterocycles. The van der Waals surface area contributed by atoms with E-state index in [1.165, 1.54) is 0 Å². The van der Waals surface area contributed by atoms with Crippen LogP contribution in [-0.2, 0) is 11.0 Å². The van der Waals surface area contributed by atoms with E-state index in [0.29, 0.717) is 19.5 Å². The second kappa shape index (κ2) is 10.5. The number of allylic oxidation sites excluding steroid dienone is 2. The first-order valence-corrected chi connectivity index (χ1v) is 10.3. The van der Waals surface area contributed by atoms with Gasteiger partial charge in [0.25, 0.3) is 0 Å². The van der Waals surface area contributed by atoms with Gasteiger partial charge in [-0.25, -0.2) is 4.79 Å². The highest BCUT2D eigenvalue weighted by Gasteiger charge is 2.38. The molecule has 4 atom stereocenters. The van der Waals surface area contributed by atoms with Crippen LogP contribution in [0, 0.1) is 5.92 Å². The molecule has 26 heavy (non-hydrogen) atoms. The Labute approximate surface area is 154 Å². The second-order valence-electron chi connectivity index (χ2n) is 6.76. The monoisotopic (exact) mass is 380 g/mol. The predicted octanol–water partition coefficient (Wildman–Crippen LogP) is 2.73. The van der Waals surface area contributed by atoms with Crippen molar-refractivity contribution >= 4 is 14.0 Å². The lowest BCUT2D eigenvalue weighted by atomic mass is 9.89. The summed E-state index contributed by atoms with van der Waals surface area (Å²) in [6.45, 7) is 1.01. The molecule has 0 aromatic heterocycles. The zero-order valence-electron chi connectivity index (χ0n) is 14.8. The number of carboxylic acids is 1. The van der Waals surface area contributed by atoms with Gasteiger partial charge >= 0.3 is 14.0 Å². The minimum atomic E-state index is -2.30. The topological polar surface area (TPSA) is 107 Å². The molecule has 0 saturated carbocycles. The van der Waals surface area contributed by atoms with Crippen molar-refractivity contribution in [2.75, 3.05) is 13.1 Å². The fourth-order valence-corrected chi connectivity index (χ4v) is 4.36. The number of aromatic carboxylic acids is 1. The van der Waals surface area contributed by atoms with Crippen molar-refractivity contribution in [2.45, 2.75) is 43.9 Å². The molecule has 6 nitrogen and oxygen atoms in total. The summed E-state index contributed by atoms with van der Waals surface area (Å²) in [5.74, 6) is -0.779. The van der Waals surface area contributed by atoms with E-state index in [4.69, 9.17) is 5.11 Å². The van der Waals surface area contributed by atoms with Gasteiger partial charge in [-0.3, -0.25) is 0 Å². The third-order valence-corrected chi connectivity index (χ3v) is 6.02. The second-order valence-corrected chi connectivity index (χ2v) is 8.03. The highest BCUT2D eigenvalue weighted by molar-refractivity contribution is 7.38. The van der Waals surface area contributed by atoms with Gasteiger partial charge in [0.2, 0.25) is 0 Å². The van der Waals surface area contributed by atoms with Gasteiger partial charge in [0.15, 0.2) is 5.66 Å². The molecule has 1 aromatic carbocycles. The van der Waals surface area contributed by atoms with E-state index in [1.807, 2.05) is 0 Å². The molecular formula is C19H27NO5P+. The van der Waals surface area contributed by atoms with Crippen molar-refractivity contribution in [2.24, 2.45) is 5.92 Å². The highest BCUT2D eigenvalue weighted by atomic mass is 31.1. The Kier molecular flexibility index (Phi) is 8.39. The van der Waals surface area contributed by atoms with Crippen molar-refractivity contribution in [3.8, 4) is 0 Å². The summed E-state index contributed by atoms with van der Waals surface area (Å²) in [4.78, 5) is 20.4. The molecule has 2 unspecified atom stereocenters. The van der Waals surface area contributed by atoms with Crippen LogP contribution >= 0.6 is 8.03 Å². The minimum absolute atomic E-state index is 0.163. The standard InChI is InChI=1S/C19H26NO5P/c21-17(12-18(26(24)25)15-4-2-1-3-5-15)13-20-11-10-14-6-8-16(9-7-14)19(22)23/h1-2,6-9,15,17-18,20-21H,3-5,10-13H2,(H-,22,23,24,25)/p+1/t15?,17-,18-/m0/s1. The molecule has 0 amide bonds. The predicted molar refractivity (Wildman–Crippen MR) is 101 cm³/mol. The van der Waals surface area contributed by atoms with Gasteiger partial charge in [0.1, 0.15) is 0 Å². The maximum Gasteiger partial charge on any atom is 0.509 e. The lowest BCUT2D eigenvalue weighted by molar-refractivity contribution is 0.0697. The molecule has 1 aliphatic rings. The quantitative estimate of drug-likeness (QED) is 0.282. The average molecular weight is 380 g/mol. The maximum absolute atomic E-state index is 11.7. The molecule has 1 aliphatic carbocycles. The van der Waals surface area contributed by atoms with Gasteiger partial charge in [-0.15, -0.1) is 0 Å². The summed E-state index contributed by atoms with van der Waals surface area (Å²) < 4.78 is 11.7. The molecule has 0 bridgehead atoms. The van der Waals surface area contributed by atoms with Crippen molar-refractivity contribution in [3.05, 3.63) is 47.5 Å². The summed E-state index contributed by atoms with van der Waals surface area (Å²) in [7, 11) is -2.30. The Bertz CT molecular complexity index is 631. The van der Waals surface area contributed by atoms with Crippen LogP contribution < -0.4 is 5.32 Å². The Morgan fingerprint density at radius 1 is 1.27 bits per heavy atom. The van der Waals surface area contributed by atoms with E-state index in [9.17, 15) is 19.4 Å². The summed E-state index contributed by atoms with van der Waals surface area (Å²) in [5.41, 5.74) is 0.913. The summed E-state index contributed by atoms with van der Waals surface area (Å²) in [5, 5.41) is 22.2. The normalized spacial score (nSPS) is 19.8. The van der Waals surface area contributed by atoms with Gasteiger partial charge in [0, 0.05) is 18.9 Å². The summed E-state index contributed by atoms with van der Waals surface area (Å²) in [6, 6.07) is 6.72. The van der Waals surface area contributed by atoms with Crippen molar-refractivity contribution in [1.29, 1.82) is 0 Å². The molecule has 0 saturated heterocycles. The van der Waals surface area contributed by atoms with Crippen LogP contribution in [0.2, 0.25) is 0 Å². The summed E-state index contributed by atoms with van der Waals surface area (Å²) in [6.07, 6.45) is 7.17. The van der Waals surface area contributed by atoms with Gasteiger partial charge in [-0.2, -0.15) is 4.89 Å². The van der Waals surface area contributed by atoms with Crippen LogP contribution in [0.5, 0.6) is 0 Å². The number of aliphatic hydroxyl groups is 1. The number of benzene rings is 1. The largest absolute Gasteiger partial charge is 0.509 e. The van der Waals surface area contributed by atoms with E-state index in [2.05, 4.69) is 17.5 Å². The van der Waals surface area contributed by atoms with Gasteiger partial charge in [0.05, 0.1) is 11.7 Å². The first-order chi connectivity index (χ1) is 12.5. The van der Waals surface area contributed by atoms with Crippen molar-refractivity contribution in [3.63, 3.8) is 0 Å². The number of aliphatic hydroxyl groups excluding tert-OH is 1. The number of rotatable bonds is 10. The van der Waals surface area contributed by atoms with Crippen LogP contribution in [0.25, 0.3) is 0 Å².